The van der Waals surface area contributed by atoms with Gasteiger partial charge in [-0.25, -0.2) is 0 Å². The monoisotopic (exact) mass is 387 g/mol. The summed E-state index contributed by atoms with van der Waals surface area (Å²) in [6.07, 6.45) is 0. The Morgan fingerprint density at radius 1 is 1.11 bits per heavy atom. The highest BCUT2D eigenvalue weighted by atomic mass is 32.1. The van der Waals surface area contributed by atoms with Crippen LogP contribution in [-0.2, 0) is 11.3 Å². The third-order valence-electron chi connectivity index (χ3n) is 4.48. The number of hydrogen-bond donors (Lipinski definition) is 1. The van der Waals surface area contributed by atoms with Gasteiger partial charge in [-0.1, -0.05) is 18.2 Å². The Labute approximate surface area is 163 Å². The van der Waals surface area contributed by atoms with E-state index in [1.807, 2.05) is 47.5 Å². The predicted molar refractivity (Wildman–Crippen MR) is 106 cm³/mol. The summed E-state index contributed by atoms with van der Waals surface area (Å²) in [5.74, 6) is 0.631. The quantitative estimate of drug-likeness (QED) is 0.791. The van der Waals surface area contributed by atoms with Crippen LogP contribution in [0.2, 0.25) is 0 Å². The van der Waals surface area contributed by atoms with Crippen molar-refractivity contribution in [2.45, 2.75) is 13.5 Å². The van der Waals surface area contributed by atoms with Crippen LogP contribution in [0, 0.1) is 0 Å². The van der Waals surface area contributed by atoms with Crippen molar-refractivity contribution in [1.82, 2.24) is 15.1 Å². The van der Waals surface area contributed by atoms with Crippen LogP contribution in [0.15, 0.2) is 41.8 Å². The van der Waals surface area contributed by atoms with Gasteiger partial charge in [-0.2, -0.15) is 0 Å². The number of nitrogens with zero attached hydrogens (tertiary/aromatic N) is 2. The molecule has 1 N–H and O–H groups in total. The van der Waals surface area contributed by atoms with E-state index in [1.54, 1.807) is 17.4 Å². The summed E-state index contributed by atoms with van der Waals surface area (Å²) in [5.41, 5.74) is 0.599. The minimum Gasteiger partial charge on any atom is -0.493 e. The van der Waals surface area contributed by atoms with Crippen molar-refractivity contribution in [3.63, 3.8) is 0 Å². The molecule has 3 rings (SSSR count). The number of para-hydroxylation sites is 1. The number of hydrogen-bond acceptors (Lipinski definition) is 5. The molecule has 1 aromatic heterocycles. The minimum atomic E-state index is -0.0131. The Balaban J connectivity index is 1.47. The van der Waals surface area contributed by atoms with E-state index in [0.29, 0.717) is 57.2 Å². The van der Waals surface area contributed by atoms with Crippen molar-refractivity contribution < 1.29 is 14.3 Å². The van der Waals surface area contributed by atoms with Gasteiger partial charge in [-0.05, 0) is 30.5 Å². The molecule has 0 atom stereocenters. The summed E-state index contributed by atoms with van der Waals surface area (Å²) in [7, 11) is 0. The maximum atomic E-state index is 12.8. The van der Waals surface area contributed by atoms with E-state index in [9.17, 15) is 9.59 Å². The standard InChI is InChI=1S/C20H25N3O3S/c1-2-26-18-8-4-3-7-17(18)20(25)23-11-9-22(10-12-23)15-19(24)21-14-16-6-5-13-27-16/h3-8,13H,2,9-12,14-15H2,1H3,(H,21,24). The number of nitrogens with one attached hydrogen (secondary N) is 1. The highest BCUT2D eigenvalue weighted by Crippen LogP contribution is 2.20. The average molecular weight is 388 g/mol. The Bertz CT molecular complexity index is 756. The van der Waals surface area contributed by atoms with E-state index in [1.165, 1.54) is 0 Å². The van der Waals surface area contributed by atoms with Crippen molar-refractivity contribution >= 4 is 23.2 Å². The lowest BCUT2D eigenvalue weighted by atomic mass is 10.1. The fraction of sp³-hybridized carbons (Fsp3) is 0.400. The SMILES string of the molecule is CCOc1ccccc1C(=O)N1CCN(CC(=O)NCc2cccs2)CC1. The lowest BCUT2D eigenvalue weighted by Crippen LogP contribution is -2.51. The van der Waals surface area contributed by atoms with Gasteiger partial charge in [0.1, 0.15) is 5.75 Å². The summed E-state index contributed by atoms with van der Waals surface area (Å²) in [5, 5.41) is 4.95. The van der Waals surface area contributed by atoms with E-state index < -0.39 is 0 Å². The molecule has 2 heterocycles. The lowest BCUT2D eigenvalue weighted by molar-refractivity contribution is -0.122. The van der Waals surface area contributed by atoms with Gasteiger partial charge in [0, 0.05) is 31.1 Å². The maximum absolute atomic E-state index is 12.8. The molecule has 1 saturated heterocycles. The van der Waals surface area contributed by atoms with Crippen molar-refractivity contribution in [3.05, 3.63) is 52.2 Å². The van der Waals surface area contributed by atoms with Gasteiger partial charge >= 0.3 is 0 Å². The molecule has 0 radical (unpaired) electrons. The number of benzene rings is 1. The van der Waals surface area contributed by atoms with Crippen LogP contribution in [0.3, 0.4) is 0 Å². The first-order valence-corrected chi connectivity index (χ1v) is 10.1. The molecule has 1 aliphatic heterocycles. The van der Waals surface area contributed by atoms with Crippen molar-refractivity contribution in [2.24, 2.45) is 0 Å². The maximum Gasteiger partial charge on any atom is 0.257 e. The normalized spacial score (nSPS) is 14.8. The molecular formula is C20H25N3O3S. The number of piperazine rings is 1. The Morgan fingerprint density at radius 2 is 1.89 bits per heavy atom. The van der Waals surface area contributed by atoms with Crippen molar-refractivity contribution in [3.8, 4) is 5.75 Å². The Morgan fingerprint density at radius 3 is 2.59 bits per heavy atom. The summed E-state index contributed by atoms with van der Waals surface area (Å²) >= 11 is 1.63. The molecule has 27 heavy (non-hydrogen) atoms. The number of carbonyl (C=O) groups is 2. The summed E-state index contributed by atoms with van der Waals surface area (Å²) in [6.45, 7) is 5.97. The fourth-order valence-corrected chi connectivity index (χ4v) is 3.71. The molecule has 144 valence electrons. The van der Waals surface area contributed by atoms with Gasteiger partial charge in [0.2, 0.25) is 5.91 Å². The largest absolute Gasteiger partial charge is 0.493 e. The van der Waals surface area contributed by atoms with Crippen LogP contribution in [0.5, 0.6) is 5.75 Å². The van der Waals surface area contributed by atoms with Crippen LogP contribution in [-0.4, -0.2) is 60.9 Å². The smallest absolute Gasteiger partial charge is 0.257 e. The van der Waals surface area contributed by atoms with Gasteiger partial charge < -0.3 is 15.0 Å². The van der Waals surface area contributed by atoms with Crippen LogP contribution in [0.1, 0.15) is 22.2 Å². The molecule has 0 unspecified atom stereocenters. The van der Waals surface area contributed by atoms with E-state index in [-0.39, 0.29) is 11.8 Å². The molecule has 1 aromatic carbocycles. The van der Waals surface area contributed by atoms with E-state index >= 15 is 0 Å². The minimum absolute atomic E-state index is 0.0131. The second-order valence-electron chi connectivity index (χ2n) is 6.35. The molecule has 0 saturated carbocycles. The average Bonchev–Trinajstić information content (AvgIpc) is 3.21. The van der Waals surface area contributed by atoms with Gasteiger partial charge in [-0.3, -0.25) is 14.5 Å². The van der Waals surface area contributed by atoms with E-state index in [2.05, 4.69) is 10.2 Å². The first-order chi connectivity index (χ1) is 13.2. The first-order valence-electron chi connectivity index (χ1n) is 9.20. The van der Waals surface area contributed by atoms with Crippen LogP contribution in [0.4, 0.5) is 0 Å². The molecular weight excluding hydrogens is 362 g/mol. The molecule has 7 heteroatoms. The number of ether oxygens (including phenoxy) is 1. The fourth-order valence-electron chi connectivity index (χ4n) is 3.06. The highest BCUT2D eigenvalue weighted by molar-refractivity contribution is 7.09. The van der Waals surface area contributed by atoms with Crippen LogP contribution < -0.4 is 10.1 Å². The van der Waals surface area contributed by atoms with Gasteiger partial charge in [-0.15, -0.1) is 11.3 Å². The van der Waals surface area contributed by atoms with E-state index in [0.717, 1.165) is 4.88 Å². The third kappa shape index (κ3) is 5.30. The van der Waals surface area contributed by atoms with Gasteiger partial charge in [0.15, 0.2) is 0 Å². The zero-order valence-electron chi connectivity index (χ0n) is 15.5. The van der Waals surface area contributed by atoms with Crippen molar-refractivity contribution in [1.29, 1.82) is 0 Å². The third-order valence-corrected chi connectivity index (χ3v) is 5.36. The molecule has 2 amide bonds. The summed E-state index contributed by atoms with van der Waals surface area (Å²) < 4.78 is 5.57. The van der Waals surface area contributed by atoms with Crippen molar-refractivity contribution in [2.75, 3.05) is 39.3 Å². The zero-order chi connectivity index (χ0) is 19.1. The second-order valence-corrected chi connectivity index (χ2v) is 7.39. The number of carbonyl (C=O) groups excluding carboxylic acids is 2. The predicted octanol–water partition coefficient (Wildman–Crippen LogP) is 2.22. The zero-order valence-corrected chi connectivity index (χ0v) is 16.3. The number of amides is 2. The molecule has 1 aliphatic rings. The molecule has 1 fully saturated rings. The Hall–Kier alpha value is -2.38. The number of rotatable bonds is 7. The summed E-state index contributed by atoms with van der Waals surface area (Å²) in [4.78, 5) is 30.0. The highest BCUT2D eigenvalue weighted by Gasteiger charge is 2.25. The van der Waals surface area contributed by atoms with E-state index in [4.69, 9.17) is 4.74 Å². The lowest BCUT2D eigenvalue weighted by Gasteiger charge is -2.34. The topological polar surface area (TPSA) is 61.9 Å². The molecule has 6 nitrogen and oxygen atoms in total. The van der Waals surface area contributed by atoms with Gasteiger partial charge in [0.05, 0.1) is 25.3 Å². The number of thiophene rings is 1. The molecule has 0 bridgehead atoms. The van der Waals surface area contributed by atoms with Gasteiger partial charge in [0.25, 0.3) is 5.91 Å². The second kappa shape index (κ2) is 9.53. The summed E-state index contributed by atoms with van der Waals surface area (Å²) in [6, 6.07) is 11.3. The Kier molecular flexibility index (Phi) is 6.84. The van der Waals surface area contributed by atoms with Crippen LogP contribution >= 0.6 is 11.3 Å². The molecule has 2 aromatic rings. The molecule has 0 spiro atoms. The molecule has 0 aliphatic carbocycles. The first kappa shape index (κ1) is 19.4. The van der Waals surface area contributed by atoms with Crippen LogP contribution in [0.25, 0.3) is 0 Å².